The first-order valence-corrected chi connectivity index (χ1v) is 47.9. The van der Waals surface area contributed by atoms with Gasteiger partial charge in [-0.15, -0.1) is 34.5 Å². The molecule has 0 saturated carbocycles. The van der Waals surface area contributed by atoms with Crippen LogP contribution >= 0.6 is 0 Å². The van der Waals surface area contributed by atoms with E-state index >= 15 is 0 Å². The average Bonchev–Trinajstić information content (AvgIpc) is 1.56. The van der Waals surface area contributed by atoms with Gasteiger partial charge in [0.1, 0.15) is 0 Å². The van der Waals surface area contributed by atoms with Crippen LogP contribution in [0, 0.1) is 67.5 Å². The van der Waals surface area contributed by atoms with Crippen molar-refractivity contribution >= 4 is 109 Å². The van der Waals surface area contributed by atoms with Crippen molar-refractivity contribution in [2.45, 2.75) is 159 Å². The Hall–Kier alpha value is -14.2. The second-order valence-corrected chi connectivity index (χ2v) is 37.6. The van der Waals surface area contributed by atoms with Gasteiger partial charge in [0.25, 0.3) is 0 Å². The second kappa shape index (κ2) is 40.3. The topological polar surface area (TPSA) is 138 Å². The molecule has 693 valence electrons. The van der Waals surface area contributed by atoms with Gasteiger partial charge in [-0.05, 0) is 274 Å². The number of benzene rings is 15. The smallest absolute Gasteiger partial charge is 0.248 e. The molecule has 0 spiro atoms. The predicted octanol–water partition coefficient (Wildman–Crippen LogP) is 30.3. The van der Waals surface area contributed by atoms with Crippen LogP contribution in [0.15, 0.2) is 308 Å². The Bertz CT molecular complexity index is 7940. The fourth-order valence-electron chi connectivity index (χ4n) is 20.0. The van der Waals surface area contributed by atoms with Crippen molar-refractivity contribution in [1.29, 1.82) is 0 Å². The molecule has 15 aromatic carbocycles. The molecule has 0 aliphatic rings. The molecule has 3 unspecified atom stereocenters. The minimum atomic E-state index is 0. The Balaban J connectivity index is 0.000000124. The van der Waals surface area contributed by atoms with Gasteiger partial charge < -0.3 is 37.7 Å². The number of nitrogens with zero attached hydrogens (tertiary/aromatic N) is 10. The molecule has 0 aliphatic carbocycles. The van der Waals surface area contributed by atoms with Gasteiger partial charge in [0.05, 0.1) is 51.8 Å². The van der Waals surface area contributed by atoms with E-state index in [0.29, 0.717) is 11.8 Å². The minimum absolute atomic E-state index is 0. The summed E-state index contributed by atoms with van der Waals surface area (Å²) < 4.78 is 31.7. The maximum atomic E-state index is 5.97. The molecule has 1 radical (unpaired) electrons. The molecular formula is C123H116IrN10O4-2. The summed E-state index contributed by atoms with van der Waals surface area (Å²) in [7, 11) is 5.37. The quantitative estimate of drug-likeness (QED) is 0.0535. The van der Waals surface area contributed by atoms with Crippen LogP contribution < -0.4 is 0 Å². The largest absolute Gasteiger partial charge is 0.416 e. The minimum Gasteiger partial charge on any atom is -0.416 e. The molecule has 0 aliphatic heterocycles. The van der Waals surface area contributed by atoms with E-state index < -0.39 is 0 Å². The summed E-state index contributed by atoms with van der Waals surface area (Å²) in [6.45, 7) is 30.0. The average molecular weight is 1990 g/mol. The molecule has 138 heavy (non-hydrogen) atoms. The van der Waals surface area contributed by atoms with Crippen molar-refractivity contribution < 1.29 is 38.7 Å². The normalized spacial score (nSPS) is 12.4. The zero-order valence-corrected chi connectivity index (χ0v) is 84.2. The first-order chi connectivity index (χ1) is 66.5. The molecule has 0 fully saturated rings. The van der Waals surface area contributed by atoms with E-state index in [-0.39, 0.29) is 43.8 Å². The summed E-state index contributed by atoms with van der Waals surface area (Å²) in [4.78, 5) is 9.75. The van der Waals surface area contributed by atoms with E-state index in [9.17, 15) is 0 Å². The Kier molecular flexibility index (Phi) is 27.5. The first kappa shape index (κ1) is 94.2. The molecule has 0 saturated heterocycles. The van der Waals surface area contributed by atoms with E-state index in [2.05, 4.69) is 382 Å². The Labute approximate surface area is 821 Å². The van der Waals surface area contributed by atoms with Gasteiger partial charge in [-0.3, -0.25) is 0 Å². The molecule has 22 rings (SSSR count). The summed E-state index contributed by atoms with van der Waals surface area (Å²) in [5.41, 5.74) is 34.4. The third-order valence-corrected chi connectivity index (χ3v) is 27.3. The van der Waals surface area contributed by atoms with Crippen LogP contribution in [0.3, 0.4) is 0 Å². The number of methoxy groups -OCH3 is 3. The maximum absolute atomic E-state index is 5.97. The molecule has 22 aromatic rings. The third-order valence-electron chi connectivity index (χ3n) is 27.3. The summed E-state index contributed by atoms with van der Waals surface area (Å²) in [6.07, 6.45) is 10.9. The van der Waals surface area contributed by atoms with E-state index in [1.54, 1.807) is 21.3 Å². The van der Waals surface area contributed by atoms with Gasteiger partial charge in [-0.2, -0.15) is 0 Å². The van der Waals surface area contributed by atoms with Crippen molar-refractivity contribution in [2.75, 3.05) is 21.3 Å². The van der Waals surface area contributed by atoms with Crippen LogP contribution in [0.5, 0.6) is 0 Å². The zero-order valence-electron chi connectivity index (χ0n) is 81.8. The molecule has 7 aromatic heterocycles. The number of ether oxygens (including phenoxy) is 3. The molecule has 15 heteroatoms. The Morgan fingerprint density at radius 3 is 1.05 bits per heavy atom. The number of hydrogen-bond acceptors (Lipinski definition) is 10. The van der Waals surface area contributed by atoms with Gasteiger partial charge >= 0.3 is 0 Å². The number of para-hydroxylation sites is 5. The van der Waals surface area contributed by atoms with Gasteiger partial charge in [0.2, 0.25) is 11.8 Å². The Morgan fingerprint density at radius 1 is 0.333 bits per heavy atom. The van der Waals surface area contributed by atoms with Crippen molar-refractivity contribution in [3.8, 4) is 67.9 Å². The van der Waals surface area contributed by atoms with Crippen LogP contribution in [0.2, 0.25) is 0 Å². The molecule has 3 atom stereocenters. The molecule has 7 heterocycles. The predicted molar refractivity (Wildman–Crippen MR) is 568 cm³/mol. The van der Waals surface area contributed by atoms with E-state index in [0.717, 1.165) is 133 Å². The summed E-state index contributed by atoms with van der Waals surface area (Å²) in [6, 6.07) is 111. The van der Waals surface area contributed by atoms with Crippen LogP contribution in [0.25, 0.3) is 177 Å². The van der Waals surface area contributed by atoms with Crippen molar-refractivity contribution in [1.82, 2.24) is 48.9 Å². The standard InChI is InChI=1S/C41H34N2O.C29H30N3O.C29H32N2O2.C24H20N3.Ir/c1-3-33(44-2)24-28-20-22-29(23-21-28)30-25-31(42-38-16-8-4-12-34(38)35-13-5-9-17-39(35)42)27-32(26-30)43-40-18-10-6-14-36(40)37-15-7-11-19-41(37)43;1-7-22(33-6)15-21-13-18(3)29(19(4)14-21)32-16-25-23-10-8-9-17(2)26(23)28-24(27(25)31-32)12-11-20(5)30-28;1-6-26(32-5)19-20-7-9-21(10-8-20)22-11-13-23(14-12-22)27-30-31-28(33-27)24-15-17-25(18-16-24)29(2,3)4;1-14-7-6-10-18-20-13-27(24-15(2)8-5-9-16(24)3)26-22(20)19-12-11-17(4)25-23(19)21(14)18;/h4-23,25-27,33H,3,24H2,1-2H3;8-11,13-14,16,22H,7,15H2,1-6H3;7-18,26H,6,19H2,1-5H3;5-11,13H,1-4H3;/q;-1;;-1;. The van der Waals surface area contributed by atoms with E-state index in [4.69, 9.17) is 38.8 Å². The summed E-state index contributed by atoms with van der Waals surface area (Å²) in [5.74, 6) is 1.06. The number of hydrogen-bond donors (Lipinski definition) is 0. The number of pyridine rings is 2. The molecule has 0 amide bonds. The number of aryl methyl sites for hydroxylation is 8. The van der Waals surface area contributed by atoms with Crippen molar-refractivity contribution in [3.05, 3.63) is 383 Å². The summed E-state index contributed by atoms with van der Waals surface area (Å²) >= 11 is 0. The molecular weight excluding hydrogens is 1870 g/mol. The summed E-state index contributed by atoms with van der Waals surface area (Å²) in [5, 5.41) is 32.7. The maximum Gasteiger partial charge on any atom is 0.248 e. The molecule has 0 N–H and O–H groups in total. The van der Waals surface area contributed by atoms with Gasteiger partial charge in [0.15, 0.2) is 0 Å². The van der Waals surface area contributed by atoms with Gasteiger partial charge in [0, 0.05) is 109 Å². The van der Waals surface area contributed by atoms with Gasteiger partial charge in [-0.1, -0.05) is 290 Å². The molecule has 14 nitrogen and oxygen atoms in total. The second-order valence-electron chi connectivity index (χ2n) is 37.6. The number of fused-ring (bicyclic) bond motifs is 18. The van der Waals surface area contributed by atoms with E-state index in [1.165, 1.54) is 137 Å². The third kappa shape index (κ3) is 18.7. The fourth-order valence-corrected chi connectivity index (χ4v) is 20.0. The zero-order chi connectivity index (χ0) is 95.0. The first-order valence-electron chi connectivity index (χ1n) is 47.9. The number of rotatable bonds is 20. The SMILES string of the molecule is CCC(Cc1cc(C)c(-n2cc3c4cccc(C)c4c4nc(C)c[c-]c4c3n2)c(C)c1)OC.CCC(Cc1ccc(-c2cc(-n3c4ccccc4c4ccccc43)cc(-n3c4ccccc4c4ccccc43)c2)cc1)OC.CCC(Cc1ccc(-c2ccc(-c3nnc(-c4ccc(C(C)(C)C)cc4)o3)cc2)cc1)OC.Cc1c[c-]c2c3nn(-c4c(C)cccc4C)cc3c3cccc(C)c3c2n1.[Ir]. The van der Waals surface area contributed by atoms with Crippen LogP contribution in [0.1, 0.15) is 128 Å². The number of aromatic nitrogens is 10. The van der Waals surface area contributed by atoms with Crippen molar-refractivity contribution in [3.63, 3.8) is 0 Å². The van der Waals surface area contributed by atoms with Crippen molar-refractivity contribution in [2.24, 2.45) is 0 Å². The Morgan fingerprint density at radius 2 is 0.667 bits per heavy atom. The van der Waals surface area contributed by atoms with Gasteiger partial charge in [-0.25, -0.2) is 19.6 Å². The fraction of sp³-hybridized carbons (Fsp3) is 0.220. The van der Waals surface area contributed by atoms with E-state index in [1.807, 2.05) is 59.6 Å². The van der Waals surface area contributed by atoms with Crippen LogP contribution in [-0.4, -0.2) is 88.5 Å². The van der Waals surface area contributed by atoms with Crippen LogP contribution in [0.4, 0.5) is 0 Å². The monoisotopic (exact) mass is 1990 g/mol. The van der Waals surface area contributed by atoms with Crippen LogP contribution in [-0.2, 0) is 59.0 Å². The molecule has 0 bridgehead atoms.